The summed E-state index contributed by atoms with van der Waals surface area (Å²) < 4.78 is 0. The summed E-state index contributed by atoms with van der Waals surface area (Å²) in [6.45, 7) is 6.57. The van der Waals surface area contributed by atoms with Crippen LogP contribution in [0.15, 0.2) is 0 Å². The highest BCUT2D eigenvalue weighted by Gasteiger charge is 2.03. The second-order valence-electron chi connectivity index (χ2n) is 4.64. The summed E-state index contributed by atoms with van der Waals surface area (Å²) >= 11 is 0. The molecule has 1 nitrogen and oxygen atoms in total. The summed E-state index contributed by atoms with van der Waals surface area (Å²) in [5.74, 6) is 1.13. The van der Waals surface area contributed by atoms with Gasteiger partial charge in [0.2, 0.25) is 0 Å². The van der Waals surface area contributed by atoms with Gasteiger partial charge in [0.15, 0.2) is 0 Å². The Morgan fingerprint density at radius 1 is 1.00 bits per heavy atom. The minimum absolute atomic E-state index is 0.468. The van der Waals surface area contributed by atoms with Crippen molar-refractivity contribution in [1.82, 2.24) is 0 Å². The molecule has 0 saturated heterocycles. The Kier molecular flexibility index (Phi) is 9.02. The maximum Gasteiger partial charge on any atom is 0.132 e. The second kappa shape index (κ2) is 9.23. The zero-order chi connectivity index (χ0) is 10.8. The summed E-state index contributed by atoms with van der Waals surface area (Å²) in [7, 11) is 0. The van der Waals surface area contributed by atoms with Crippen molar-refractivity contribution >= 4 is 5.78 Å². The molecule has 0 spiro atoms. The van der Waals surface area contributed by atoms with Gasteiger partial charge in [-0.2, -0.15) is 0 Å². The Hall–Kier alpha value is -0.330. The number of carbonyl (C=O) groups excluding carboxylic acids is 1. The molecule has 14 heavy (non-hydrogen) atoms. The van der Waals surface area contributed by atoms with Crippen molar-refractivity contribution in [3.8, 4) is 0 Å². The molecule has 0 aromatic heterocycles. The van der Waals surface area contributed by atoms with Crippen molar-refractivity contribution in [2.75, 3.05) is 0 Å². The number of unbranched alkanes of at least 4 members (excludes halogenated alkanes) is 4. The molecule has 0 saturated carbocycles. The molecule has 0 fully saturated rings. The lowest BCUT2D eigenvalue weighted by Gasteiger charge is -2.03. The van der Waals surface area contributed by atoms with Crippen LogP contribution in [0, 0.1) is 5.92 Å². The third-order valence-corrected chi connectivity index (χ3v) is 2.56. The summed E-state index contributed by atoms with van der Waals surface area (Å²) in [5.41, 5.74) is 0. The molecule has 1 heteroatoms. The quantitative estimate of drug-likeness (QED) is 0.503. The van der Waals surface area contributed by atoms with E-state index in [9.17, 15) is 4.79 Å². The summed E-state index contributed by atoms with van der Waals surface area (Å²) in [6, 6.07) is 0. The van der Waals surface area contributed by atoms with Crippen LogP contribution in [0.1, 0.15) is 72.1 Å². The van der Waals surface area contributed by atoms with E-state index < -0.39 is 0 Å². The zero-order valence-corrected chi connectivity index (χ0v) is 10.1. The van der Waals surface area contributed by atoms with Crippen molar-refractivity contribution in [2.24, 2.45) is 5.92 Å². The van der Waals surface area contributed by atoms with Crippen molar-refractivity contribution in [2.45, 2.75) is 72.1 Å². The SMILES string of the molecule is CCCCCCCC(=O)CCC(C)C. The third-order valence-electron chi connectivity index (χ3n) is 2.56. The zero-order valence-electron chi connectivity index (χ0n) is 10.1. The lowest BCUT2D eigenvalue weighted by molar-refractivity contribution is -0.119. The first-order chi connectivity index (χ1) is 6.66. The topological polar surface area (TPSA) is 17.1 Å². The fraction of sp³-hybridized carbons (Fsp3) is 0.923. The predicted octanol–water partition coefficient (Wildman–Crippen LogP) is 4.35. The number of ketones is 1. The molecule has 0 aliphatic carbocycles. The Balaban J connectivity index is 3.18. The van der Waals surface area contributed by atoms with Crippen molar-refractivity contribution in [3.05, 3.63) is 0 Å². The minimum atomic E-state index is 0.468. The number of Topliss-reactive ketones (excluding diaryl/α,β-unsaturated/α-hetero) is 1. The van der Waals surface area contributed by atoms with Crippen LogP contribution in [0.25, 0.3) is 0 Å². The van der Waals surface area contributed by atoms with Crippen molar-refractivity contribution in [1.29, 1.82) is 0 Å². The average Bonchev–Trinajstić information content (AvgIpc) is 2.14. The van der Waals surface area contributed by atoms with Gasteiger partial charge in [-0.25, -0.2) is 0 Å². The Labute approximate surface area is 89.3 Å². The average molecular weight is 198 g/mol. The van der Waals surface area contributed by atoms with Gasteiger partial charge < -0.3 is 0 Å². The van der Waals surface area contributed by atoms with E-state index in [-0.39, 0.29) is 0 Å². The van der Waals surface area contributed by atoms with Crippen LogP contribution < -0.4 is 0 Å². The molecule has 0 N–H and O–H groups in total. The molecular formula is C13H26O. The van der Waals surface area contributed by atoms with E-state index in [0.717, 1.165) is 25.7 Å². The molecule has 0 aliphatic heterocycles. The molecule has 0 bridgehead atoms. The Bertz CT molecular complexity index is 138. The highest BCUT2D eigenvalue weighted by Crippen LogP contribution is 2.09. The molecule has 0 heterocycles. The van der Waals surface area contributed by atoms with Gasteiger partial charge in [-0.1, -0.05) is 46.5 Å². The molecule has 0 amide bonds. The van der Waals surface area contributed by atoms with Crippen molar-refractivity contribution < 1.29 is 4.79 Å². The summed E-state index contributed by atoms with van der Waals surface area (Å²) in [5, 5.41) is 0. The first-order valence-electron chi connectivity index (χ1n) is 6.18. The van der Waals surface area contributed by atoms with E-state index in [2.05, 4.69) is 20.8 Å². The van der Waals surface area contributed by atoms with Crippen LogP contribution in [0.2, 0.25) is 0 Å². The van der Waals surface area contributed by atoms with Gasteiger partial charge in [-0.3, -0.25) is 4.79 Å². The Morgan fingerprint density at radius 2 is 1.64 bits per heavy atom. The lowest BCUT2D eigenvalue weighted by Crippen LogP contribution is -2.00. The van der Waals surface area contributed by atoms with Gasteiger partial charge >= 0.3 is 0 Å². The first-order valence-corrected chi connectivity index (χ1v) is 6.18. The third kappa shape index (κ3) is 9.76. The lowest BCUT2D eigenvalue weighted by atomic mass is 10.0. The predicted molar refractivity (Wildman–Crippen MR) is 62.5 cm³/mol. The number of hydrogen-bond donors (Lipinski definition) is 0. The fourth-order valence-electron chi connectivity index (χ4n) is 1.50. The van der Waals surface area contributed by atoms with Crippen LogP contribution in [-0.4, -0.2) is 5.78 Å². The van der Waals surface area contributed by atoms with Crippen LogP contribution in [0.5, 0.6) is 0 Å². The molecule has 0 rings (SSSR count). The molecular weight excluding hydrogens is 172 g/mol. The molecule has 0 aliphatic rings. The second-order valence-corrected chi connectivity index (χ2v) is 4.64. The maximum absolute atomic E-state index is 11.4. The van der Waals surface area contributed by atoms with E-state index in [1.165, 1.54) is 25.7 Å². The molecule has 0 aromatic rings. The first kappa shape index (κ1) is 13.7. The van der Waals surface area contributed by atoms with Crippen LogP contribution in [-0.2, 0) is 4.79 Å². The van der Waals surface area contributed by atoms with Crippen LogP contribution >= 0.6 is 0 Å². The fourth-order valence-corrected chi connectivity index (χ4v) is 1.50. The number of carbonyl (C=O) groups is 1. The van der Waals surface area contributed by atoms with E-state index in [1.54, 1.807) is 0 Å². The van der Waals surface area contributed by atoms with E-state index >= 15 is 0 Å². The van der Waals surface area contributed by atoms with Crippen molar-refractivity contribution in [3.63, 3.8) is 0 Å². The van der Waals surface area contributed by atoms with Gasteiger partial charge in [-0.05, 0) is 18.8 Å². The largest absolute Gasteiger partial charge is 0.300 e. The van der Waals surface area contributed by atoms with Gasteiger partial charge in [0.25, 0.3) is 0 Å². The molecule has 84 valence electrons. The minimum Gasteiger partial charge on any atom is -0.300 e. The Morgan fingerprint density at radius 3 is 2.21 bits per heavy atom. The van der Waals surface area contributed by atoms with Gasteiger partial charge in [0, 0.05) is 12.8 Å². The van der Waals surface area contributed by atoms with E-state index in [1.807, 2.05) is 0 Å². The number of hydrogen-bond acceptors (Lipinski definition) is 1. The standard InChI is InChI=1S/C13H26O/c1-4-5-6-7-8-9-13(14)11-10-12(2)3/h12H,4-11H2,1-3H3. The van der Waals surface area contributed by atoms with E-state index in [0.29, 0.717) is 11.7 Å². The smallest absolute Gasteiger partial charge is 0.132 e. The summed E-state index contributed by atoms with van der Waals surface area (Å²) in [6.07, 6.45) is 8.92. The van der Waals surface area contributed by atoms with Crippen LogP contribution in [0.4, 0.5) is 0 Å². The molecule has 0 radical (unpaired) electrons. The highest BCUT2D eigenvalue weighted by atomic mass is 16.1. The monoisotopic (exact) mass is 198 g/mol. The molecule has 0 unspecified atom stereocenters. The molecule has 0 atom stereocenters. The summed E-state index contributed by atoms with van der Waals surface area (Å²) in [4.78, 5) is 11.4. The molecule has 0 aromatic carbocycles. The van der Waals surface area contributed by atoms with Gasteiger partial charge in [0.1, 0.15) is 5.78 Å². The maximum atomic E-state index is 11.4. The van der Waals surface area contributed by atoms with Gasteiger partial charge in [0.05, 0.1) is 0 Å². The highest BCUT2D eigenvalue weighted by molar-refractivity contribution is 5.78. The van der Waals surface area contributed by atoms with Crippen LogP contribution in [0.3, 0.4) is 0 Å². The normalized spacial score (nSPS) is 10.9. The van der Waals surface area contributed by atoms with E-state index in [4.69, 9.17) is 0 Å². The van der Waals surface area contributed by atoms with Gasteiger partial charge in [-0.15, -0.1) is 0 Å². The number of rotatable bonds is 9.